The molecule has 2 aromatic carbocycles. The van der Waals surface area contributed by atoms with Gasteiger partial charge in [0.25, 0.3) is 11.5 Å². The first kappa shape index (κ1) is 24.6. The van der Waals surface area contributed by atoms with Crippen LogP contribution in [0.5, 0.6) is 0 Å². The van der Waals surface area contributed by atoms with Gasteiger partial charge in [-0.2, -0.15) is 5.10 Å². The second kappa shape index (κ2) is 9.89. The lowest BCUT2D eigenvalue weighted by Gasteiger charge is -2.21. The van der Waals surface area contributed by atoms with E-state index in [1.807, 2.05) is 74.8 Å². The number of rotatable bonds is 4. The van der Waals surface area contributed by atoms with Crippen LogP contribution >= 0.6 is 0 Å². The Balaban J connectivity index is 1.48. The van der Waals surface area contributed by atoms with Gasteiger partial charge in [-0.1, -0.05) is 42.2 Å². The Morgan fingerprint density at radius 1 is 1.07 bits per heavy atom. The number of amides is 1. The van der Waals surface area contributed by atoms with Gasteiger partial charge in [-0.3, -0.25) is 18.8 Å². The first-order valence-electron chi connectivity index (χ1n) is 12.5. The number of nitrogen functional groups attached to an aromatic ring is 1. The molecule has 0 saturated heterocycles. The van der Waals surface area contributed by atoms with E-state index >= 15 is 0 Å². The Morgan fingerprint density at radius 2 is 1.90 bits per heavy atom. The molecule has 10 heteroatoms. The van der Waals surface area contributed by atoms with E-state index in [1.165, 1.54) is 4.52 Å². The SMILES string of the molecule is C[C@@H](NC(=O)c1c(N)nn2cccnc12)c1cc2cccc(C#Cc3cnn(C)c3)c2c(=O)n1-c1ccccc1. The molecule has 40 heavy (non-hydrogen) atoms. The second-order valence-electron chi connectivity index (χ2n) is 9.31. The molecule has 6 aromatic rings. The van der Waals surface area contributed by atoms with E-state index in [-0.39, 0.29) is 16.9 Å². The van der Waals surface area contributed by atoms with Crippen LogP contribution in [0.15, 0.2) is 90.2 Å². The zero-order valence-electron chi connectivity index (χ0n) is 21.7. The molecule has 3 N–H and O–H groups in total. The summed E-state index contributed by atoms with van der Waals surface area (Å²) in [6.07, 6.45) is 6.73. The number of nitrogens with zero attached hydrogens (tertiary/aromatic N) is 6. The van der Waals surface area contributed by atoms with Crippen molar-refractivity contribution in [2.24, 2.45) is 7.05 Å². The van der Waals surface area contributed by atoms with Crippen molar-refractivity contribution >= 4 is 28.1 Å². The van der Waals surface area contributed by atoms with E-state index in [4.69, 9.17) is 5.73 Å². The van der Waals surface area contributed by atoms with Gasteiger partial charge in [0.1, 0.15) is 5.56 Å². The van der Waals surface area contributed by atoms with E-state index in [9.17, 15) is 9.59 Å². The van der Waals surface area contributed by atoms with E-state index in [1.54, 1.807) is 33.9 Å². The molecule has 196 valence electrons. The van der Waals surface area contributed by atoms with Gasteiger partial charge in [0, 0.05) is 42.6 Å². The van der Waals surface area contributed by atoms with Crippen LogP contribution in [0.3, 0.4) is 0 Å². The Labute approximate surface area is 228 Å². The first-order valence-corrected chi connectivity index (χ1v) is 12.5. The van der Waals surface area contributed by atoms with E-state index in [0.717, 1.165) is 5.56 Å². The van der Waals surface area contributed by atoms with E-state index < -0.39 is 11.9 Å². The third-order valence-electron chi connectivity index (χ3n) is 6.58. The largest absolute Gasteiger partial charge is 0.381 e. The van der Waals surface area contributed by atoms with Crippen LogP contribution in [0.4, 0.5) is 5.82 Å². The zero-order chi connectivity index (χ0) is 27.8. The molecule has 0 aliphatic heterocycles. The molecule has 6 rings (SSSR count). The van der Waals surface area contributed by atoms with Crippen molar-refractivity contribution < 1.29 is 4.79 Å². The Kier molecular flexibility index (Phi) is 6.09. The number of fused-ring (bicyclic) bond motifs is 2. The average molecular weight is 529 g/mol. The predicted octanol–water partition coefficient (Wildman–Crippen LogP) is 3.24. The molecule has 0 saturated carbocycles. The average Bonchev–Trinajstić information content (AvgIpc) is 3.53. The predicted molar refractivity (Wildman–Crippen MR) is 152 cm³/mol. The maximum atomic E-state index is 14.2. The number of para-hydroxylation sites is 1. The third kappa shape index (κ3) is 4.35. The normalized spacial score (nSPS) is 11.8. The summed E-state index contributed by atoms with van der Waals surface area (Å²) >= 11 is 0. The summed E-state index contributed by atoms with van der Waals surface area (Å²) in [5.41, 5.74) is 8.96. The summed E-state index contributed by atoms with van der Waals surface area (Å²) < 4.78 is 4.74. The molecule has 10 nitrogen and oxygen atoms in total. The number of pyridine rings is 1. The molecule has 1 atom stereocenters. The van der Waals surface area contributed by atoms with E-state index in [0.29, 0.717) is 33.4 Å². The molecule has 0 aliphatic carbocycles. The fraction of sp³-hybridized carbons (Fsp3) is 0.100. The van der Waals surface area contributed by atoms with Gasteiger partial charge in [0.2, 0.25) is 0 Å². The van der Waals surface area contributed by atoms with Crippen molar-refractivity contribution in [2.45, 2.75) is 13.0 Å². The number of hydrogen-bond donors (Lipinski definition) is 2. The highest BCUT2D eigenvalue weighted by Crippen LogP contribution is 2.24. The lowest BCUT2D eigenvalue weighted by Crippen LogP contribution is -2.32. The molecule has 4 heterocycles. The fourth-order valence-corrected chi connectivity index (χ4v) is 4.74. The number of nitrogens with one attached hydrogen (secondary N) is 1. The topological polar surface area (TPSA) is 125 Å². The smallest absolute Gasteiger partial charge is 0.264 e. The van der Waals surface area contributed by atoms with Gasteiger partial charge in [-0.05, 0) is 42.6 Å². The van der Waals surface area contributed by atoms with Crippen molar-refractivity contribution in [2.75, 3.05) is 5.73 Å². The minimum atomic E-state index is -0.576. The monoisotopic (exact) mass is 528 g/mol. The summed E-state index contributed by atoms with van der Waals surface area (Å²) in [6, 6.07) is 17.9. The van der Waals surface area contributed by atoms with Crippen LogP contribution < -0.4 is 16.6 Å². The number of carbonyl (C=O) groups excluding carboxylic acids is 1. The maximum absolute atomic E-state index is 14.2. The number of hydrogen-bond acceptors (Lipinski definition) is 6. The Bertz CT molecular complexity index is 2030. The summed E-state index contributed by atoms with van der Waals surface area (Å²) in [5.74, 6) is 5.86. The maximum Gasteiger partial charge on any atom is 0.264 e. The van der Waals surface area contributed by atoms with E-state index in [2.05, 4.69) is 32.3 Å². The Morgan fingerprint density at radius 3 is 2.67 bits per heavy atom. The highest BCUT2D eigenvalue weighted by Gasteiger charge is 2.23. The second-order valence-corrected chi connectivity index (χ2v) is 9.31. The van der Waals surface area contributed by atoms with Crippen LogP contribution in [0.2, 0.25) is 0 Å². The number of benzene rings is 2. The molecule has 1 amide bonds. The van der Waals surface area contributed by atoms with Crippen molar-refractivity contribution in [3.63, 3.8) is 0 Å². The molecular weight excluding hydrogens is 504 g/mol. The number of carbonyl (C=O) groups is 1. The van der Waals surface area contributed by atoms with Gasteiger partial charge in [0.15, 0.2) is 11.5 Å². The van der Waals surface area contributed by atoms with Gasteiger partial charge in [-0.25, -0.2) is 9.50 Å². The summed E-state index contributed by atoms with van der Waals surface area (Å²) in [7, 11) is 1.82. The molecule has 0 aliphatic rings. The number of nitrogens with two attached hydrogens (primary N) is 1. The highest BCUT2D eigenvalue weighted by atomic mass is 16.2. The van der Waals surface area contributed by atoms with Crippen molar-refractivity contribution in [1.29, 1.82) is 0 Å². The standard InChI is InChI=1S/C30H24N8O2/c1-19(34-29(39)26-27(31)35-37-15-7-14-32-28(26)37)24-16-22-9-6-8-21(13-12-20-17-33-36(2)18-20)25(22)30(40)38(24)23-10-4-3-5-11-23/h3-11,14-19H,1-2H3,(H2,31,35)(H,34,39)/t19-/m1/s1. The van der Waals surface area contributed by atoms with Gasteiger partial charge in [0.05, 0.1) is 23.2 Å². The minimum absolute atomic E-state index is 0.0687. The summed E-state index contributed by atoms with van der Waals surface area (Å²) in [4.78, 5) is 31.8. The Hall–Kier alpha value is -5.69. The number of aryl methyl sites for hydroxylation is 1. The van der Waals surface area contributed by atoms with Crippen LogP contribution in [0, 0.1) is 11.8 Å². The summed E-state index contributed by atoms with van der Waals surface area (Å²) in [5, 5.41) is 12.5. The molecule has 4 aromatic heterocycles. The molecule has 0 spiro atoms. The van der Waals surface area contributed by atoms with Crippen LogP contribution in [0.25, 0.3) is 22.1 Å². The van der Waals surface area contributed by atoms with Crippen molar-refractivity contribution in [1.82, 2.24) is 34.3 Å². The molecule has 0 fully saturated rings. The lowest BCUT2D eigenvalue weighted by atomic mass is 10.0. The van der Waals surface area contributed by atoms with Crippen LogP contribution in [-0.2, 0) is 7.05 Å². The lowest BCUT2D eigenvalue weighted by molar-refractivity contribution is 0.0941. The third-order valence-corrected chi connectivity index (χ3v) is 6.58. The number of anilines is 1. The molecular formula is C30H24N8O2. The van der Waals surface area contributed by atoms with Crippen molar-refractivity contribution in [3.05, 3.63) is 118 Å². The van der Waals surface area contributed by atoms with Gasteiger partial charge < -0.3 is 11.1 Å². The fourth-order valence-electron chi connectivity index (χ4n) is 4.74. The summed E-state index contributed by atoms with van der Waals surface area (Å²) in [6.45, 7) is 1.82. The molecule has 0 radical (unpaired) electrons. The van der Waals surface area contributed by atoms with Gasteiger partial charge >= 0.3 is 0 Å². The number of aromatic nitrogens is 6. The van der Waals surface area contributed by atoms with Crippen LogP contribution in [-0.4, -0.2) is 34.9 Å². The molecule has 0 unspecified atom stereocenters. The first-order chi connectivity index (χ1) is 19.4. The minimum Gasteiger partial charge on any atom is -0.381 e. The highest BCUT2D eigenvalue weighted by molar-refractivity contribution is 6.04. The van der Waals surface area contributed by atoms with Crippen molar-refractivity contribution in [3.8, 4) is 17.5 Å². The van der Waals surface area contributed by atoms with Gasteiger partial charge in [-0.15, -0.1) is 5.10 Å². The van der Waals surface area contributed by atoms with Crippen LogP contribution in [0.1, 0.15) is 40.1 Å². The quantitative estimate of drug-likeness (QED) is 0.339. The molecule has 0 bridgehead atoms. The zero-order valence-corrected chi connectivity index (χ0v) is 21.7.